The Labute approximate surface area is 175 Å². The monoisotopic (exact) mass is 418 g/mol. The molecule has 30 heavy (non-hydrogen) atoms. The first-order valence-electron chi connectivity index (χ1n) is 9.29. The number of thiophene rings is 1. The van der Waals surface area contributed by atoms with E-state index in [1.54, 1.807) is 37.4 Å². The van der Waals surface area contributed by atoms with Gasteiger partial charge in [-0.3, -0.25) is 9.36 Å². The lowest BCUT2D eigenvalue weighted by molar-refractivity contribution is 0.393. The third-order valence-electron chi connectivity index (χ3n) is 5.01. The van der Waals surface area contributed by atoms with E-state index in [1.165, 1.54) is 11.3 Å². The van der Waals surface area contributed by atoms with Gasteiger partial charge < -0.3 is 14.5 Å². The minimum absolute atomic E-state index is 0.0799. The maximum Gasteiger partial charge on any atom is 0.262 e. The number of nitrogens with one attached hydrogen (secondary N) is 1. The lowest BCUT2D eigenvalue weighted by atomic mass is 10.1. The molecule has 150 valence electrons. The molecule has 0 fully saturated rings. The molecular weight excluding hydrogens is 400 g/mol. The smallest absolute Gasteiger partial charge is 0.262 e. The largest absolute Gasteiger partial charge is 0.497 e. The summed E-state index contributed by atoms with van der Waals surface area (Å²) in [6, 6.07) is 11.4. The Balaban J connectivity index is 1.57. The fraction of sp³-hybridized carbons (Fsp3) is 0.136. The molecule has 0 aliphatic heterocycles. The number of rotatable bonds is 5. The summed E-state index contributed by atoms with van der Waals surface area (Å²) in [5.74, 6) is 1.36. The minimum Gasteiger partial charge on any atom is -0.497 e. The summed E-state index contributed by atoms with van der Waals surface area (Å²) in [4.78, 5) is 26.8. The molecule has 4 aromatic heterocycles. The van der Waals surface area contributed by atoms with Crippen molar-refractivity contribution < 1.29 is 9.47 Å². The molecular formula is C22H18N4O3S. The normalized spacial score (nSPS) is 11.3. The molecule has 4 heterocycles. The zero-order valence-electron chi connectivity index (χ0n) is 16.4. The number of hydrogen-bond acceptors (Lipinski definition) is 6. The van der Waals surface area contributed by atoms with E-state index in [0.717, 1.165) is 31.9 Å². The quantitative estimate of drug-likeness (QED) is 0.465. The number of hydrogen-bond donors (Lipinski definition) is 1. The van der Waals surface area contributed by atoms with Crippen LogP contribution in [-0.2, 0) is 6.54 Å². The second-order valence-electron chi connectivity index (χ2n) is 6.83. The fourth-order valence-corrected chi connectivity index (χ4v) is 4.56. The van der Waals surface area contributed by atoms with Gasteiger partial charge in [-0.15, -0.1) is 11.3 Å². The van der Waals surface area contributed by atoms with Crippen molar-refractivity contribution in [1.29, 1.82) is 0 Å². The van der Waals surface area contributed by atoms with Gasteiger partial charge in [0.15, 0.2) is 0 Å². The molecule has 0 radical (unpaired) electrons. The van der Waals surface area contributed by atoms with Crippen molar-refractivity contribution in [3.05, 3.63) is 71.0 Å². The van der Waals surface area contributed by atoms with Crippen LogP contribution in [0.25, 0.3) is 31.7 Å². The van der Waals surface area contributed by atoms with Crippen molar-refractivity contribution in [3.63, 3.8) is 0 Å². The van der Waals surface area contributed by atoms with Crippen LogP contribution in [0.3, 0.4) is 0 Å². The Bertz CT molecular complexity index is 1410. The molecule has 0 aliphatic rings. The summed E-state index contributed by atoms with van der Waals surface area (Å²) in [5, 5.41) is 1.63. The first kappa shape index (κ1) is 18.4. The number of fused-ring (bicyclic) bond motifs is 2. The maximum atomic E-state index is 13.1. The summed E-state index contributed by atoms with van der Waals surface area (Å²) >= 11 is 1.50. The van der Waals surface area contributed by atoms with Crippen molar-refractivity contribution >= 4 is 32.6 Å². The number of ether oxygens (including phenoxy) is 2. The van der Waals surface area contributed by atoms with Crippen molar-refractivity contribution in [2.45, 2.75) is 6.54 Å². The lowest BCUT2D eigenvalue weighted by Crippen LogP contribution is -2.20. The number of aromatic amines is 1. The van der Waals surface area contributed by atoms with Gasteiger partial charge in [0.1, 0.15) is 22.0 Å². The Morgan fingerprint density at radius 2 is 1.83 bits per heavy atom. The molecule has 7 nitrogen and oxygen atoms in total. The van der Waals surface area contributed by atoms with E-state index in [2.05, 4.69) is 15.0 Å². The van der Waals surface area contributed by atoms with Gasteiger partial charge >= 0.3 is 0 Å². The van der Waals surface area contributed by atoms with Crippen molar-refractivity contribution in [2.75, 3.05) is 14.2 Å². The van der Waals surface area contributed by atoms with Gasteiger partial charge in [0.25, 0.3) is 5.56 Å². The Morgan fingerprint density at radius 1 is 1.03 bits per heavy atom. The second-order valence-corrected chi connectivity index (χ2v) is 7.86. The van der Waals surface area contributed by atoms with Crippen LogP contribution in [0.15, 0.2) is 59.9 Å². The number of benzene rings is 1. The van der Waals surface area contributed by atoms with Gasteiger partial charge in [-0.2, -0.15) is 0 Å². The third kappa shape index (κ3) is 3.11. The van der Waals surface area contributed by atoms with Gasteiger partial charge in [-0.25, -0.2) is 9.97 Å². The molecule has 1 aromatic carbocycles. The Morgan fingerprint density at radius 3 is 2.60 bits per heavy atom. The highest BCUT2D eigenvalue weighted by molar-refractivity contribution is 7.21. The Kier molecular flexibility index (Phi) is 4.48. The van der Waals surface area contributed by atoms with Crippen molar-refractivity contribution in [3.8, 4) is 21.9 Å². The first-order valence-corrected chi connectivity index (χ1v) is 10.1. The fourth-order valence-electron chi connectivity index (χ4n) is 3.54. The van der Waals surface area contributed by atoms with E-state index in [9.17, 15) is 4.79 Å². The van der Waals surface area contributed by atoms with Crippen LogP contribution in [0.1, 0.15) is 5.56 Å². The molecule has 5 rings (SSSR count). The number of H-pyrrole nitrogens is 1. The van der Waals surface area contributed by atoms with Crippen LogP contribution in [0.5, 0.6) is 11.5 Å². The summed E-state index contributed by atoms with van der Waals surface area (Å²) in [7, 11) is 3.21. The van der Waals surface area contributed by atoms with Gasteiger partial charge in [-0.1, -0.05) is 0 Å². The van der Waals surface area contributed by atoms with Crippen LogP contribution < -0.4 is 15.0 Å². The van der Waals surface area contributed by atoms with Crippen LogP contribution in [-0.4, -0.2) is 33.7 Å². The first-order chi connectivity index (χ1) is 14.7. The highest BCUT2D eigenvalue weighted by Crippen LogP contribution is 2.34. The summed E-state index contributed by atoms with van der Waals surface area (Å²) in [5.41, 5.74) is 2.67. The van der Waals surface area contributed by atoms with Crippen LogP contribution in [0.2, 0.25) is 0 Å². The molecule has 5 aromatic rings. The van der Waals surface area contributed by atoms with Gasteiger partial charge in [0.2, 0.25) is 0 Å². The van der Waals surface area contributed by atoms with Gasteiger partial charge in [-0.05, 0) is 35.9 Å². The van der Waals surface area contributed by atoms with E-state index < -0.39 is 0 Å². The topological polar surface area (TPSA) is 82.0 Å². The lowest BCUT2D eigenvalue weighted by Gasteiger charge is -2.10. The molecule has 0 aliphatic carbocycles. The summed E-state index contributed by atoms with van der Waals surface area (Å²) < 4.78 is 12.3. The maximum absolute atomic E-state index is 13.1. The predicted octanol–water partition coefficient (Wildman–Crippen LogP) is 4.07. The number of methoxy groups -OCH3 is 2. The summed E-state index contributed by atoms with van der Waals surface area (Å²) in [6.07, 6.45) is 5.22. The molecule has 0 atom stereocenters. The Hall–Kier alpha value is -3.65. The number of nitrogens with zero attached hydrogens (tertiary/aromatic N) is 3. The van der Waals surface area contributed by atoms with Crippen LogP contribution in [0, 0.1) is 0 Å². The van der Waals surface area contributed by atoms with E-state index >= 15 is 0 Å². The van der Waals surface area contributed by atoms with E-state index in [4.69, 9.17) is 9.47 Å². The average molecular weight is 418 g/mol. The molecule has 0 saturated heterocycles. The van der Waals surface area contributed by atoms with E-state index in [0.29, 0.717) is 23.4 Å². The van der Waals surface area contributed by atoms with Crippen molar-refractivity contribution in [1.82, 2.24) is 19.5 Å². The van der Waals surface area contributed by atoms with Crippen molar-refractivity contribution in [2.24, 2.45) is 0 Å². The van der Waals surface area contributed by atoms with E-state index in [1.807, 2.05) is 36.5 Å². The molecule has 0 saturated carbocycles. The molecule has 0 spiro atoms. The number of aromatic nitrogens is 4. The van der Waals surface area contributed by atoms with Crippen LogP contribution >= 0.6 is 11.3 Å². The highest BCUT2D eigenvalue weighted by atomic mass is 32.1. The summed E-state index contributed by atoms with van der Waals surface area (Å²) in [6.45, 7) is 0.373. The minimum atomic E-state index is -0.0799. The predicted molar refractivity (Wildman–Crippen MR) is 118 cm³/mol. The zero-order valence-corrected chi connectivity index (χ0v) is 17.2. The second kappa shape index (κ2) is 7.31. The zero-order chi connectivity index (χ0) is 20.7. The molecule has 0 amide bonds. The van der Waals surface area contributed by atoms with Crippen LogP contribution in [0.4, 0.5) is 0 Å². The van der Waals surface area contributed by atoms with Gasteiger partial charge in [0, 0.05) is 34.3 Å². The van der Waals surface area contributed by atoms with E-state index in [-0.39, 0.29) is 5.56 Å². The molecule has 0 unspecified atom stereocenters. The SMILES string of the molecule is COc1cc(Cn2cnc3sc(-c4ccnc5[nH]ccc45)cc3c2=O)cc(OC)c1. The number of pyridine rings is 1. The molecule has 1 N–H and O–H groups in total. The standard InChI is InChI=1S/C22H18N4O3S/c1-28-14-7-13(8-15(9-14)29-2)11-26-12-25-21-18(22(26)27)10-19(30-21)16-3-5-23-20-17(16)4-6-24-20/h3-10,12H,11H2,1-2H3,(H,23,24). The highest BCUT2D eigenvalue weighted by Gasteiger charge is 2.14. The van der Waals surface area contributed by atoms with Gasteiger partial charge in [0.05, 0.1) is 32.5 Å². The average Bonchev–Trinajstić information content (AvgIpc) is 3.42. The molecule has 8 heteroatoms. The third-order valence-corrected chi connectivity index (χ3v) is 6.08. The molecule has 0 bridgehead atoms.